The Morgan fingerprint density at radius 2 is 1.83 bits per heavy atom. The smallest absolute Gasteiger partial charge is 0.179 e. The molecule has 0 atom stereocenters. The van der Waals surface area contributed by atoms with E-state index in [2.05, 4.69) is 20.2 Å². The van der Waals surface area contributed by atoms with Crippen molar-refractivity contribution in [3.63, 3.8) is 0 Å². The maximum atomic E-state index is 14.6. The second-order valence-electron chi connectivity index (χ2n) is 8.53. The molecule has 0 amide bonds. The Kier molecular flexibility index (Phi) is 9.74. The first-order valence-electron chi connectivity index (χ1n) is 11.5. The van der Waals surface area contributed by atoms with Crippen molar-refractivity contribution >= 4 is 35.7 Å². The van der Waals surface area contributed by atoms with Gasteiger partial charge < -0.3 is 24.4 Å². The lowest BCUT2D eigenvalue weighted by atomic mass is 10.0. The molecule has 0 spiro atoms. The zero-order valence-corrected chi connectivity index (χ0v) is 21.3. The van der Waals surface area contributed by atoms with Crippen molar-refractivity contribution in [2.75, 3.05) is 40.0 Å². The van der Waals surface area contributed by atoms with E-state index >= 15 is 0 Å². The Balaban J connectivity index is 0.00000171. The van der Waals surface area contributed by atoms with Crippen LogP contribution in [0.25, 0.3) is 10.9 Å². The monoisotopic (exact) mass is 524 g/mol. The van der Waals surface area contributed by atoms with E-state index in [1.807, 2.05) is 24.3 Å². The van der Waals surface area contributed by atoms with Crippen LogP contribution in [0.1, 0.15) is 24.1 Å². The molecular formula is C25H31Cl2FN4O3. The molecule has 0 aliphatic carbocycles. The fraction of sp³-hybridized carbons (Fsp3) is 0.440. The summed E-state index contributed by atoms with van der Waals surface area (Å²) in [6, 6.07) is 8.02. The van der Waals surface area contributed by atoms with Gasteiger partial charge in [0, 0.05) is 36.1 Å². The maximum Gasteiger partial charge on any atom is 0.179 e. The summed E-state index contributed by atoms with van der Waals surface area (Å²) in [5.74, 6) is 1.96. The van der Waals surface area contributed by atoms with Crippen molar-refractivity contribution < 1.29 is 18.6 Å². The van der Waals surface area contributed by atoms with Gasteiger partial charge in [-0.05, 0) is 50.6 Å². The summed E-state index contributed by atoms with van der Waals surface area (Å²) in [4.78, 5) is 11.1. The van der Waals surface area contributed by atoms with Crippen LogP contribution in [0.15, 0.2) is 36.7 Å². The number of hydrogen-bond acceptors (Lipinski definition) is 7. The maximum absolute atomic E-state index is 14.6. The summed E-state index contributed by atoms with van der Waals surface area (Å²) >= 11 is 0. The second-order valence-corrected chi connectivity index (χ2v) is 8.53. The van der Waals surface area contributed by atoms with Gasteiger partial charge in [0.05, 0.1) is 30.7 Å². The van der Waals surface area contributed by atoms with Gasteiger partial charge in [0.2, 0.25) is 0 Å². The number of aromatic nitrogens is 2. The highest BCUT2D eigenvalue weighted by Crippen LogP contribution is 2.29. The summed E-state index contributed by atoms with van der Waals surface area (Å²) < 4.78 is 31.1. The molecule has 10 heteroatoms. The van der Waals surface area contributed by atoms with Gasteiger partial charge in [-0.1, -0.05) is 0 Å². The first-order valence-corrected chi connectivity index (χ1v) is 11.5. The van der Waals surface area contributed by atoms with E-state index in [9.17, 15) is 4.39 Å². The third-order valence-corrected chi connectivity index (χ3v) is 6.46. The van der Waals surface area contributed by atoms with E-state index < -0.39 is 0 Å². The fourth-order valence-electron chi connectivity index (χ4n) is 4.55. The first-order chi connectivity index (χ1) is 16.2. The molecule has 7 nitrogen and oxygen atoms in total. The molecular weight excluding hydrogens is 494 g/mol. The van der Waals surface area contributed by atoms with Crippen LogP contribution in [0.4, 0.5) is 4.39 Å². The van der Waals surface area contributed by atoms with Crippen molar-refractivity contribution in [2.45, 2.75) is 31.8 Å². The third-order valence-electron chi connectivity index (χ3n) is 6.46. The van der Waals surface area contributed by atoms with E-state index in [1.165, 1.54) is 6.20 Å². The lowest BCUT2D eigenvalue weighted by Gasteiger charge is -2.32. The van der Waals surface area contributed by atoms with Crippen LogP contribution in [0.3, 0.4) is 0 Å². The third kappa shape index (κ3) is 6.44. The number of ether oxygens (including phenoxy) is 3. The van der Waals surface area contributed by atoms with Crippen LogP contribution in [0.2, 0.25) is 0 Å². The van der Waals surface area contributed by atoms with Gasteiger partial charge in [-0.2, -0.15) is 0 Å². The molecule has 0 saturated carbocycles. The average molecular weight is 525 g/mol. The minimum atomic E-state index is -0.251. The van der Waals surface area contributed by atoms with Crippen molar-refractivity contribution in [3.05, 3.63) is 53.7 Å². The van der Waals surface area contributed by atoms with Gasteiger partial charge in [-0.3, -0.25) is 9.97 Å². The lowest BCUT2D eigenvalue weighted by Crippen LogP contribution is -2.43. The standard InChI is InChI=1S/C25H29FN4O3.2ClH/c1-31-19-2-3-23-21(13-19)20(22(26)15-29-23)6-9-30-7-4-17(5-8-30)27-14-18-12-24-25(16-28-18)33-11-10-32-24;;/h2-3,12-13,15-17,27H,4-11,14H2,1H3;2*1H. The number of rotatable bonds is 7. The number of benzene rings is 1. The fourth-order valence-corrected chi connectivity index (χ4v) is 4.55. The Hall–Kier alpha value is -2.39. The number of nitrogens with zero attached hydrogens (tertiary/aromatic N) is 3. The van der Waals surface area contributed by atoms with Gasteiger partial charge in [0.1, 0.15) is 24.8 Å². The summed E-state index contributed by atoms with van der Waals surface area (Å²) in [5, 5.41) is 4.45. The number of piperidine rings is 1. The number of methoxy groups -OCH3 is 1. The molecule has 190 valence electrons. The molecule has 1 saturated heterocycles. The summed E-state index contributed by atoms with van der Waals surface area (Å²) in [5.41, 5.74) is 2.46. The van der Waals surface area contributed by atoms with Gasteiger partial charge >= 0.3 is 0 Å². The summed E-state index contributed by atoms with van der Waals surface area (Å²) in [6.07, 6.45) is 5.82. The van der Waals surface area contributed by atoms with E-state index in [0.717, 1.165) is 66.3 Å². The second kappa shape index (κ2) is 12.5. The molecule has 1 fully saturated rings. The number of fused-ring (bicyclic) bond motifs is 2. The highest BCUT2D eigenvalue weighted by molar-refractivity contribution is 5.85. The highest BCUT2D eigenvalue weighted by atomic mass is 35.5. The highest BCUT2D eigenvalue weighted by Gasteiger charge is 2.20. The molecule has 0 radical (unpaired) electrons. The minimum Gasteiger partial charge on any atom is -0.497 e. The molecule has 3 aromatic rings. The Morgan fingerprint density at radius 3 is 2.60 bits per heavy atom. The van der Waals surface area contributed by atoms with Crippen LogP contribution < -0.4 is 19.5 Å². The quantitative estimate of drug-likeness (QED) is 0.496. The van der Waals surface area contributed by atoms with Crippen LogP contribution in [-0.2, 0) is 13.0 Å². The van der Waals surface area contributed by atoms with Crippen molar-refractivity contribution in [1.29, 1.82) is 0 Å². The van der Waals surface area contributed by atoms with Crippen molar-refractivity contribution in [3.8, 4) is 17.2 Å². The zero-order valence-electron chi connectivity index (χ0n) is 19.7. The molecule has 4 heterocycles. The number of pyridine rings is 2. The zero-order chi connectivity index (χ0) is 22.6. The average Bonchev–Trinajstić information content (AvgIpc) is 2.87. The first kappa shape index (κ1) is 27.2. The van der Waals surface area contributed by atoms with Gasteiger partial charge in [-0.15, -0.1) is 24.8 Å². The van der Waals surface area contributed by atoms with E-state index in [-0.39, 0.29) is 30.6 Å². The predicted octanol–water partition coefficient (Wildman–Crippen LogP) is 4.19. The number of halogens is 3. The molecule has 2 aliphatic heterocycles. The van der Waals surface area contributed by atoms with Crippen molar-refractivity contribution in [2.24, 2.45) is 0 Å². The summed E-state index contributed by atoms with van der Waals surface area (Å²) in [6.45, 7) is 4.65. The number of nitrogens with one attached hydrogen (secondary N) is 1. The molecule has 0 bridgehead atoms. The Bertz CT molecular complexity index is 1130. The SMILES string of the molecule is COc1ccc2ncc(F)c(CCN3CCC(NCc4cc5c(cn4)OCCO5)CC3)c2c1.Cl.Cl. The van der Waals surface area contributed by atoms with Crippen molar-refractivity contribution in [1.82, 2.24) is 20.2 Å². The van der Waals surface area contributed by atoms with Gasteiger partial charge in [-0.25, -0.2) is 4.39 Å². The minimum absolute atomic E-state index is 0. The molecule has 35 heavy (non-hydrogen) atoms. The Morgan fingerprint density at radius 1 is 1.06 bits per heavy atom. The van der Waals surface area contributed by atoms with Crippen LogP contribution in [0, 0.1) is 5.82 Å². The Labute approximate surface area is 217 Å². The molecule has 1 N–H and O–H groups in total. The molecule has 0 unspecified atom stereocenters. The topological polar surface area (TPSA) is 68.7 Å². The van der Waals surface area contributed by atoms with Gasteiger partial charge in [0.15, 0.2) is 11.5 Å². The molecule has 2 aliphatic rings. The number of likely N-dealkylation sites (tertiary alicyclic amines) is 1. The van der Waals surface area contributed by atoms with Crippen LogP contribution in [0.5, 0.6) is 17.2 Å². The molecule has 1 aromatic carbocycles. The number of hydrogen-bond donors (Lipinski definition) is 1. The van der Waals surface area contributed by atoms with Crippen LogP contribution in [-0.4, -0.2) is 60.9 Å². The molecule has 5 rings (SSSR count). The van der Waals surface area contributed by atoms with Crippen LogP contribution >= 0.6 is 24.8 Å². The van der Waals surface area contributed by atoms with E-state index in [1.54, 1.807) is 13.3 Å². The van der Waals surface area contributed by atoms with E-state index in [0.29, 0.717) is 37.8 Å². The summed E-state index contributed by atoms with van der Waals surface area (Å²) in [7, 11) is 1.62. The molecule has 2 aromatic heterocycles. The lowest BCUT2D eigenvalue weighted by molar-refractivity contribution is 0.170. The van der Waals surface area contributed by atoms with Gasteiger partial charge in [0.25, 0.3) is 0 Å². The predicted molar refractivity (Wildman–Crippen MR) is 138 cm³/mol. The van der Waals surface area contributed by atoms with E-state index in [4.69, 9.17) is 14.2 Å². The normalized spacial score (nSPS) is 15.8. The largest absolute Gasteiger partial charge is 0.497 e.